The highest BCUT2D eigenvalue weighted by atomic mass is 19.4. The average molecular weight is 253 g/mol. The van der Waals surface area contributed by atoms with E-state index in [1.807, 2.05) is 0 Å². The van der Waals surface area contributed by atoms with Crippen LogP contribution in [-0.4, -0.2) is 32.0 Å². The SMILES string of the molecule is CC1(C)CCC(NCCOCC(F)(F)F)CC1. The maximum atomic E-state index is 11.8. The molecule has 5 heteroatoms. The molecule has 0 heterocycles. The fraction of sp³-hybridized carbons (Fsp3) is 1.00. The summed E-state index contributed by atoms with van der Waals surface area (Å²) in [5.41, 5.74) is 0.422. The topological polar surface area (TPSA) is 21.3 Å². The summed E-state index contributed by atoms with van der Waals surface area (Å²) in [6, 6.07) is 0.442. The van der Waals surface area contributed by atoms with E-state index in [0.717, 1.165) is 12.8 Å². The molecule has 0 aromatic rings. The first-order valence-electron chi connectivity index (χ1n) is 6.16. The van der Waals surface area contributed by atoms with E-state index < -0.39 is 12.8 Å². The van der Waals surface area contributed by atoms with Gasteiger partial charge in [0.25, 0.3) is 0 Å². The predicted molar refractivity (Wildman–Crippen MR) is 60.9 cm³/mol. The number of alkyl halides is 3. The van der Waals surface area contributed by atoms with Crippen LogP contribution in [0.15, 0.2) is 0 Å². The quantitative estimate of drug-likeness (QED) is 0.760. The van der Waals surface area contributed by atoms with Crippen molar-refractivity contribution in [2.45, 2.75) is 51.7 Å². The van der Waals surface area contributed by atoms with E-state index in [-0.39, 0.29) is 6.61 Å². The highest BCUT2D eigenvalue weighted by Gasteiger charge is 2.28. The van der Waals surface area contributed by atoms with Gasteiger partial charge in [-0.15, -0.1) is 0 Å². The van der Waals surface area contributed by atoms with Crippen LogP contribution in [0.5, 0.6) is 0 Å². The van der Waals surface area contributed by atoms with Crippen LogP contribution in [-0.2, 0) is 4.74 Å². The van der Waals surface area contributed by atoms with Crippen molar-refractivity contribution in [3.05, 3.63) is 0 Å². The normalized spacial score (nSPS) is 21.7. The van der Waals surface area contributed by atoms with Crippen molar-refractivity contribution in [2.75, 3.05) is 19.8 Å². The second-order valence-electron chi connectivity index (χ2n) is 5.56. The van der Waals surface area contributed by atoms with Gasteiger partial charge >= 0.3 is 6.18 Å². The molecule has 1 fully saturated rings. The lowest BCUT2D eigenvalue weighted by molar-refractivity contribution is -0.173. The van der Waals surface area contributed by atoms with Crippen LogP contribution in [0, 0.1) is 5.41 Å². The number of hydrogen-bond acceptors (Lipinski definition) is 2. The lowest BCUT2D eigenvalue weighted by Gasteiger charge is -2.34. The number of halogens is 3. The van der Waals surface area contributed by atoms with Crippen molar-refractivity contribution in [3.63, 3.8) is 0 Å². The molecule has 0 aromatic carbocycles. The summed E-state index contributed by atoms with van der Waals surface area (Å²) in [4.78, 5) is 0. The predicted octanol–water partition coefficient (Wildman–Crippen LogP) is 3.12. The maximum absolute atomic E-state index is 11.8. The van der Waals surface area contributed by atoms with Crippen molar-refractivity contribution in [3.8, 4) is 0 Å². The van der Waals surface area contributed by atoms with Crippen LogP contribution in [0.2, 0.25) is 0 Å². The summed E-state index contributed by atoms with van der Waals surface area (Å²) < 4.78 is 39.9. The van der Waals surface area contributed by atoms with Gasteiger partial charge in [0.15, 0.2) is 0 Å². The molecule has 1 aliphatic carbocycles. The number of rotatable bonds is 5. The zero-order valence-electron chi connectivity index (χ0n) is 10.6. The van der Waals surface area contributed by atoms with Gasteiger partial charge in [0.1, 0.15) is 6.61 Å². The minimum Gasteiger partial charge on any atom is -0.371 e. The third-order valence-electron chi connectivity index (χ3n) is 3.28. The number of nitrogens with one attached hydrogen (secondary N) is 1. The molecule has 0 aromatic heterocycles. The molecule has 2 nitrogen and oxygen atoms in total. The van der Waals surface area contributed by atoms with Gasteiger partial charge in [0.2, 0.25) is 0 Å². The van der Waals surface area contributed by atoms with Crippen molar-refractivity contribution in [1.82, 2.24) is 5.32 Å². The van der Waals surface area contributed by atoms with Gasteiger partial charge in [0.05, 0.1) is 6.61 Å². The van der Waals surface area contributed by atoms with Gasteiger partial charge in [-0.3, -0.25) is 0 Å². The smallest absolute Gasteiger partial charge is 0.371 e. The highest BCUT2D eigenvalue weighted by Crippen LogP contribution is 2.34. The Bertz CT molecular complexity index is 218. The summed E-state index contributed by atoms with van der Waals surface area (Å²) in [6.07, 6.45) is 0.343. The van der Waals surface area contributed by atoms with Crippen LogP contribution in [0.3, 0.4) is 0 Å². The third-order valence-corrected chi connectivity index (χ3v) is 3.28. The highest BCUT2D eigenvalue weighted by molar-refractivity contribution is 4.81. The Morgan fingerprint density at radius 3 is 2.35 bits per heavy atom. The Hall–Kier alpha value is -0.290. The van der Waals surface area contributed by atoms with Crippen molar-refractivity contribution >= 4 is 0 Å². The molecule has 0 aliphatic heterocycles. The van der Waals surface area contributed by atoms with Crippen LogP contribution in [0.25, 0.3) is 0 Å². The second kappa shape index (κ2) is 6.05. The van der Waals surface area contributed by atoms with E-state index >= 15 is 0 Å². The lowest BCUT2D eigenvalue weighted by atomic mass is 9.75. The van der Waals surface area contributed by atoms with Crippen molar-refractivity contribution < 1.29 is 17.9 Å². The Kier molecular flexibility index (Phi) is 5.25. The van der Waals surface area contributed by atoms with E-state index in [2.05, 4.69) is 23.9 Å². The first-order chi connectivity index (χ1) is 7.79. The fourth-order valence-electron chi connectivity index (χ4n) is 2.13. The molecule has 0 atom stereocenters. The monoisotopic (exact) mass is 253 g/mol. The Balaban J connectivity index is 2.01. The van der Waals surface area contributed by atoms with E-state index in [1.54, 1.807) is 0 Å². The molecule has 1 N–H and O–H groups in total. The van der Waals surface area contributed by atoms with Crippen LogP contribution in [0.1, 0.15) is 39.5 Å². The van der Waals surface area contributed by atoms with Crippen molar-refractivity contribution in [1.29, 1.82) is 0 Å². The molecule has 1 saturated carbocycles. The lowest BCUT2D eigenvalue weighted by Crippen LogP contribution is -2.37. The molecule has 0 bridgehead atoms. The summed E-state index contributed by atoms with van der Waals surface area (Å²) in [6.45, 7) is 4.00. The molecule has 0 radical (unpaired) electrons. The van der Waals surface area contributed by atoms with E-state index in [4.69, 9.17) is 0 Å². The zero-order valence-corrected chi connectivity index (χ0v) is 10.6. The zero-order chi connectivity index (χ0) is 12.9. The molecule has 17 heavy (non-hydrogen) atoms. The third kappa shape index (κ3) is 6.88. The van der Waals surface area contributed by atoms with Gasteiger partial charge < -0.3 is 10.1 Å². The Labute approximate surface area is 101 Å². The van der Waals surface area contributed by atoms with Crippen molar-refractivity contribution in [2.24, 2.45) is 5.41 Å². The minimum atomic E-state index is -4.21. The summed E-state index contributed by atoms with van der Waals surface area (Å²) in [7, 11) is 0. The first-order valence-corrected chi connectivity index (χ1v) is 6.16. The fourth-order valence-corrected chi connectivity index (χ4v) is 2.13. The summed E-state index contributed by atoms with van der Waals surface area (Å²) >= 11 is 0. The molecule has 1 rings (SSSR count). The van der Waals surface area contributed by atoms with Gasteiger partial charge in [0, 0.05) is 12.6 Å². The second-order valence-corrected chi connectivity index (χ2v) is 5.56. The van der Waals surface area contributed by atoms with Crippen LogP contribution >= 0.6 is 0 Å². The standard InChI is InChI=1S/C12H22F3NO/c1-11(2)5-3-10(4-6-11)16-7-8-17-9-12(13,14)15/h10,16H,3-9H2,1-2H3. The largest absolute Gasteiger partial charge is 0.411 e. The Morgan fingerprint density at radius 1 is 1.24 bits per heavy atom. The van der Waals surface area contributed by atoms with E-state index in [0.29, 0.717) is 18.0 Å². The van der Waals surface area contributed by atoms with Crippen LogP contribution in [0.4, 0.5) is 13.2 Å². The molecule has 1 aliphatic rings. The molecular weight excluding hydrogens is 231 g/mol. The first kappa shape index (κ1) is 14.8. The van der Waals surface area contributed by atoms with E-state index in [9.17, 15) is 13.2 Å². The number of ether oxygens (including phenoxy) is 1. The van der Waals surface area contributed by atoms with Gasteiger partial charge in [-0.1, -0.05) is 13.8 Å². The summed E-state index contributed by atoms with van der Waals surface area (Å²) in [5.74, 6) is 0. The molecule has 0 spiro atoms. The maximum Gasteiger partial charge on any atom is 0.411 e. The van der Waals surface area contributed by atoms with Gasteiger partial charge in [-0.05, 0) is 31.1 Å². The minimum absolute atomic E-state index is 0.124. The molecule has 0 saturated heterocycles. The van der Waals surface area contributed by atoms with Gasteiger partial charge in [-0.25, -0.2) is 0 Å². The summed E-state index contributed by atoms with van der Waals surface area (Å²) in [5, 5.41) is 3.25. The molecule has 0 amide bonds. The molecular formula is C12H22F3NO. The Morgan fingerprint density at radius 2 is 1.82 bits per heavy atom. The molecule has 0 unspecified atom stereocenters. The average Bonchev–Trinajstić information content (AvgIpc) is 2.18. The number of hydrogen-bond donors (Lipinski definition) is 1. The molecule has 102 valence electrons. The van der Waals surface area contributed by atoms with Crippen LogP contribution < -0.4 is 5.32 Å². The van der Waals surface area contributed by atoms with E-state index in [1.165, 1.54) is 12.8 Å². The van der Waals surface area contributed by atoms with Gasteiger partial charge in [-0.2, -0.15) is 13.2 Å².